The van der Waals surface area contributed by atoms with Gasteiger partial charge in [-0.2, -0.15) is 0 Å². The topological polar surface area (TPSA) is 32.3 Å². The zero-order valence-corrected chi connectivity index (χ0v) is 8.25. The standard InChI is InChI=1S/C11H17NO/c1-9(2)12-8-7-10-5-3-4-6-11(10)13/h3-6,9,12-13H,7-8H2,1-2H3. The summed E-state index contributed by atoms with van der Waals surface area (Å²) in [7, 11) is 0. The third-order valence-electron chi connectivity index (χ3n) is 1.94. The monoisotopic (exact) mass is 179 g/mol. The number of hydrogen-bond donors (Lipinski definition) is 2. The first kappa shape index (κ1) is 10.1. The van der Waals surface area contributed by atoms with Crippen LogP contribution >= 0.6 is 0 Å². The molecule has 0 atom stereocenters. The van der Waals surface area contributed by atoms with Crippen LogP contribution in [0.5, 0.6) is 5.75 Å². The number of para-hydroxylation sites is 1. The van der Waals surface area contributed by atoms with E-state index in [-0.39, 0.29) is 0 Å². The molecule has 0 saturated heterocycles. The lowest BCUT2D eigenvalue weighted by Crippen LogP contribution is -2.24. The highest BCUT2D eigenvalue weighted by Crippen LogP contribution is 2.15. The van der Waals surface area contributed by atoms with E-state index in [1.807, 2.05) is 18.2 Å². The van der Waals surface area contributed by atoms with E-state index >= 15 is 0 Å². The molecule has 2 nitrogen and oxygen atoms in total. The molecular formula is C11H17NO. The molecule has 2 N–H and O–H groups in total. The van der Waals surface area contributed by atoms with Gasteiger partial charge in [0.25, 0.3) is 0 Å². The van der Waals surface area contributed by atoms with Gasteiger partial charge in [0.05, 0.1) is 0 Å². The van der Waals surface area contributed by atoms with Crippen LogP contribution in [0.3, 0.4) is 0 Å². The van der Waals surface area contributed by atoms with Gasteiger partial charge in [-0.15, -0.1) is 0 Å². The summed E-state index contributed by atoms with van der Waals surface area (Å²) >= 11 is 0. The first-order valence-electron chi connectivity index (χ1n) is 4.70. The van der Waals surface area contributed by atoms with Gasteiger partial charge in [0.2, 0.25) is 0 Å². The largest absolute Gasteiger partial charge is 0.508 e. The molecule has 13 heavy (non-hydrogen) atoms. The maximum absolute atomic E-state index is 9.45. The molecular weight excluding hydrogens is 162 g/mol. The number of phenols is 1. The minimum atomic E-state index is 0.396. The second-order valence-corrected chi connectivity index (χ2v) is 3.49. The van der Waals surface area contributed by atoms with Crippen LogP contribution in [0.25, 0.3) is 0 Å². The van der Waals surface area contributed by atoms with Crippen molar-refractivity contribution in [3.8, 4) is 5.75 Å². The molecule has 0 heterocycles. The van der Waals surface area contributed by atoms with E-state index in [2.05, 4.69) is 19.2 Å². The molecule has 1 aromatic carbocycles. The van der Waals surface area contributed by atoms with Gasteiger partial charge in [-0.1, -0.05) is 32.0 Å². The molecule has 2 heteroatoms. The van der Waals surface area contributed by atoms with Crippen molar-refractivity contribution in [3.05, 3.63) is 29.8 Å². The lowest BCUT2D eigenvalue weighted by Gasteiger charge is -2.08. The van der Waals surface area contributed by atoms with Crippen molar-refractivity contribution in [1.29, 1.82) is 0 Å². The lowest BCUT2D eigenvalue weighted by atomic mass is 10.1. The molecule has 0 saturated carbocycles. The van der Waals surface area contributed by atoms with Gasteiger partial charge in [-0.25, -0.2) is 0 Å². The van der Waals surface area contributed by atoms with Crippen molar-refractivity contribution >= 4 is 0 Å². The normalized spacial score (nSPS) is 10.7. The van der Waals surface area contributed by atoms with Crippen LogP contribution in [-0.4, -0.2) is 17.7 Å². The second-order valence-electron chi connectivity index (χ2n) is 3.49. The molecule has 0 aliphatic carbocycles. The Morgan fingerprint density at radius 1 is 1.31 bits per heavy atom. The lowest BCUT2D eigenvalue weighted by molar-refractivity contribution is 0.465. The average Bonchev–Trinajstić information content (AvgIpc) is 2.08. The minimum Gasteiger partial charge on any atom is -0.508 e. The summed E-state index contributed by atoms with van der Waals surface area (Å²) in [5, 5.41) is 12.8. The van der Waals surface area contributed by atoms with Crippen LogP contribution in [-0.2, 0) is 6.42 Å². The van der Waals surface area contributed by atoms with Crippen molar-refractivity contribution in [2.45, 2.75) is 26.3 Å². The molecule has 0 amide bonds. The molecule has 0 radical (unpaired) electrons. The molecule has 0 spiro atoms. The number of aromatic hydroxyl groups is 1. The maximum atomic E-state index is 9.45. The number of nitrogens with one attached hydrogen (secondary N) is 1. The Hall–Kier alpha value is -1.02. The van der Waals surface area contributed by atoms with Crippen LogP contribution in [0.4, 0.5) is 0 Å². The fraction of sp³-hybridized carbons (Fsp3) is 0.455. The van der Waals surface area contributed by atoms with Gasteiger partial charge in [0.1, 0.15) is 5.75 Å². The zero-order chi connectivity index (χ0) is 9.68. The highest BCUT2D eigenvalue weighted by Gasteiger charge is 1.99. The first-order valence-corrected chi connectivity index (χ1v) is 4.70. The van der Waals surface area contributed by atoms with Crippen molar-refractivity contribution < 1.29 is 5.11 Å². The summed E-state index contributed by atoms with van der Waals surface area (Å²) in [6, 6.07) is 7.98. The molecule has 0 bridgehead atoms. The van der Waals surface area contributed by atoms with Crippen LogP contribution in [0.1, 0.15) is 19.4 Å². The summed E-state index contributed by atoms with van der Waals surface area (Å²) in [4.78, 5) is 0. The minimum absolute atomic E-state index is 0.396. The maximum Gasteiger partial charge on any atom is 0.118 e. The van der Waals surface area contributed by atoms with Gasteiger partial charge >= 0.3 is 0 Å². The van der Waals surface area contributed by atoms with E-state index in [9.17, 15) is 5.11 Å². The van der Waals surface area contributed by atoms with E-state index in [1.54, 1.807) is 6.07 Å². The van der Waals surface area contributed by atoms with E-state index in [0.29, 0.717) is 11.8 Å². The number of phenolic OH excluding ortho intramolecular Hbond substituents is 1. The molecule has 0 unspecified atom stereocenters. The Labute approximate surface area is 79.6 Å². The average molecular weight is 179 g/mol. The Balaban J connectivity index is 2.41. The Kier molecular flexibility index (Phi) is 3.77. The van der Waals surface area contributed by atoms with Crippen molar-refractivity contribution in [2.24, 2.45) is 0 Å². The quantitative estimate of drug-likeness (QED) is 0.740. The molecule has 0 aliphatic heterocycles. The van der Waals surface area contributed by atoms with Gasteiger partial charge in [-0.05, 0) is 24.6 Å². The van der Waals surface area contributed by atoms with Crippen LogP contribution < -0.4 is 5.32 Å². The highest BCUT2D eigenvalue weighted by molar-refractivity contribution is 5.31. The van der Waals surface area contributed by atoms with Gasteiger partial charge < -0.3 is 10.4 Å². The van der Waals surface area contributed by atoms with E-state index in [4.69, 9.17) is 0 Å². The van der Waals surface area contributed by atoms with E-state index < -0.39 is 0 Å². The summed E-state index contributed by atoms with van der Waals surface area (Å²) in [6.07, 6.45) is 0.880. The SMILES string of the molecule is CC(C)NCCc1ccccc1O. The zero-order valence-electron chi connectivity index (χ0n) is 8.25. The molecule has 1 rings (SSSR count). The van der Waals surface area contributed by atoms with Gasteiger partial charge in [-0.3, -0.25) is 0 Å². The van der Waals surface area contributed by atoms with Crippen LogP contribution in [0.2, 0.25) is 0 Å². The predicted octanol–water partition coefficient (Wildman–Crippen LogP) is 1.93. The fourth-order valence-electron chi connectivity index (χ4n) is 1.22. The summed E-state index contributed by atoms with van der Waals surface area (Å²) < 4.78 is 0. The smallest absolute Gasteiger partial charge is 0.118 e. The summed E-state index contributed by atoms with van der Waals surface area (Å²) in [5.74, 6) is 0.396. The van der Waals surface area contributed by atoms with Gasteiger partial charge in [0.15, 0.2) is 0 Å². The Morgan fingerprint density at radius 2 is 2.00 bits per heavy atom. The predicted molar refractivity (Wildman–Crippen MR) is 54.9 cm³/mol. The Morgan fingerprint density at radius 3 is 2.62 bits per heavy atom. The van der Waals surface area contributed by atoms with Crippen LogP contribution in [0.15, 0.2) is 24.3 Å². The second kappa shape index (κ2) is 4.87. The molecule has 72 valence electrons. The number of rotatable bonds is 4. The molecule has 0 aliphatic rings. The fourth-order valence-corrected chi connectivity index (χ4v) is 1.22. The summed E-state index contributed by atoms with van der Waals surface area (Å²) in [5.41, 5.74) is 1.01. The molecule has 1 aromatic rings. The van der Waals surface area contributed by atoms with Crippen molar-refractivity contribution in [3.63, 3.8) is 0 Å². The third-order valence-corrected chi connectivity index (χ3v) is 1.94. The third kappa shape index (κ3) is 3.47. The number of hydrogen-bond acceptors (Lipinski definition) is 2. The first-order chi connectivity index (χ1) is 6.20. The summed E-state index contributed by atoms with van der Waals surface area (Å²) in [6.45, 7) is 5.14. The van der Waals surface area contributed by atoms with Gasteiger partial charge in [0, 0.05) is 6.04 Å². The molecule has 0 fully saturated rings. The molecule has 0 aromatic heterocycles. The highest BCUT2D eigenvalue weighted by atomic mass is 16.3. The van der Waals surface area contributed by atoms with Crippen molar-refractivity contribution in [1.82, 2.24) is 5.32 Å². The van der Waals surface area contributed by atoms with Crippen LogP contribution in [0, 0.1) is 0 Å². The van der Waals surface area contributed by atoms with Crippen molar-refractivity contribution in [2.75, 3.05) is 6.54 Å². The Bertz CT molecular complexity index is 258. The van der Waals surface area contributed by atoms with E-state index in [0.717, 1.165) is 18.5 Å². The number of benzene rings is 1. The van der Waals surface area contributed by atoms with E-state index in [1.165, 1.54) is 0 Å².